The first-order chi connectivity index (χ1) is 13.0. The number of aryl methyl sites for hydroxylation is 2. The second-order valence-corrected chi connectivity index (χ2v) is 6.61. The zero-order valence-electron chi connectivity index (χ0n) is 15.2. The number of hydrogen-bond acceptors (Lipinski definition) is 4. The molecule has 138 valence electrons. The molecule has 2 aliphatic heterocycles. The normalized spacial score (nSPS) is 11.1. The molecule has 0 spiro atoms. The molecule has 2 aliphatic rings. The molecule has 6 heteroatoms. The van der Waals surface area contributed by atoms with Gasteiger partial charge in [0, 0.05) is 5.02 Å². The van der Waals surface area contributed by atoms with Gasteiger partial charge in [0.2, 0.25) is 0 Å². The lowest BCUT2D eigenvalue weighted by atomic mass is 10.2. The first-order valence-corrected chi connectivity index (χ1v) is 8.93. The van der Waals surface area contributed by atoms with Gasteiger partial charge < -0.3 is 19.1 Å². The highest BCUT2D eigenvalue weighted by Crippen LogP contribution is 2.22. The molecule has 0 aliphatic carbocycles. The molecule has 3 aromatic rings. The molecule has 0 radical (unpaired) electrons. The number of ether oxygens (including phenoxy) is 1. The Morgan fingerprint density at radius 2 is 1.52 bits per heavy atom. The van der Waals surface area contributed by atoms with Gasteiger partial charge in [0.25, 0.3) is 0 Å². The zero-order valence-corrected chi connectivity index (χ0v) is 15.9. The van der Waals surface area contributed by atoms with E-state index in [9.17, 15) is 5.02 Å². The molecule has 27 heavy (non-hydrogen) atoms. The lowest BCUT2D eigenvalue weighted by molar-refractivity contribution is 0.295. The monoisotopic (exact) mass is 382 g/mol. The van der Waals surface area contributed by atoms with Crippen LogP contribution in [0.5, 0.6) is 17.2 Å². The molecule has 0 amide bonds. The van der Waals surface area contributed by atoms with E-state index in [0.29, 0.717) is 16.5 Å². The summed E-state index contributed by atoms with van der Waals surface area (Å²) in [6.45, 7) is 4.64. The van der Waals surface area contributed by atoms with Gasteiger partial charge in [-0.3, -0.25) is 0 Å². The fraction of sp³-hybridized carbons (Fsp3) is 0.143. The predicted octanol–water partition coefficient (Wildman–Crippen LogP) is 4.97. The van der Waals surface area contributed by atoms with Crippen LogP contribution in [0, 0.1) is 13.8 Å². The summed E-state index contributed by atoms with van der Waals surface area (Å²) in [6.07, 6.45) is 0. The molecule has 1 N–H and O–H groups in total. The zero-order chi connectivity index (χ0) is 19.2. The smallest absolute Gasteiger partial charge is 0.501 e. The molecule has 0 saturated carbocycles. The Hall–Kier alpha value is -2.63. The van der Waals surface area contributed by atoms with Gasteiger partial charge in [0.05, 0.1) is 0 Å². The molecule has 3 aromatic carbocycles. The van der Waals surface area contributed by atoms with Gasteiger partial charge in [-0.25, -0.2) is 0 Å². The van der Waals surface area contributed by atoms with E-state index >= 15 is 0 Å². The van der Waals surface area contributed by atoms with Crippen molar-refractivity contribution < 1.29 is 19.1 Å². The van der Waals surface area contributed by atoms with Crippen LogP contribution in [0.3, 0.4) is 0 Å². The van der Waals surface area contributed by atoms with Crippen molar-refractivity contribution in [2.75, 3.05) is 0 Å². The fourth-order valence-corrected chi connectivity index (χ4v) is 2.54. The van der Waals surface area contributed by atoms with Crippen LogP contribution in [0.25, 0.3) is 0 Å². The van der Waals surface area contributed by atoms with Crippen molar-refractivity contribution in [1.82, 2.24) is 0 Å². The third-order valence-electron chi connectivity index (χ3n) is 3.97. The summed E-state index contributed by atoms with van der Waals surface area (Å²) in [5.41, 5.74) is 3.33. The standard InChI is InChI=1S/C14H14BClO3.C7H6O/c1-10-3-6-12(7-4-10)18-15(17)19-13-8-5-11(2)14(16)9-13;1-3-7-4-2-6(1)5-8-7/h3-9,17H,1-2H3;1-4H,5H2. The predicted molar refractivity (Wildman–Crippen MR) is 107 cm³/mol. The summed E-state index contributed by atoms with van der Waals surface area (Å²) in [4.78, 5) is 0. The number of hydrogen-bond donors (Lipinski definition) is 1. The molecule has 5 rings (SSSR count). The largest absolute Gasteiger partial charge is 0.785 e. The molecular weight excluding hydrogens is 362 g/mol. The molecule has 4 nitrogen and oxygen atoms in total. The van der Waals surface area contributed by atoms with Crippen LogP contribution < -0.4 is 14.0 Å². The van der Waals surface area contributed by atoms with E-state index in [1.54, 1.807) is 24.3 Å². The van der Waals surface area contributed by atoms with Crippen molar-refractivity contribution >= 4 is 18.9 Å². The highest BCUT2D eigenvalue weighted by atomic mass is 35.5. The van der Waals surface area contributed by atoms with Crippen molar-refractivity contribution in [3.63, 3.8) is 0 Å². The Labute approximate surface area is 164 Å². The van der Waals surface area contributed by atoms with E-state index in [0.717, 1.165) is 23.5 Å². The Bertz CT molecular complexity index is 859. The number of benzene rings is 3. The van der Waals surface area contributed by atoms with E-state index in [2.05, 4.69) is 12.1 Å². The summed E-state index contributed by atoms with van der Waals surface area (Å²) in [5.74, 6) is 1.98. The first kappa shape index (κ1) is 19.1. The Kier molecular flexibility index (Phi) is 6.27. The third kappa shape index (κ3) is 5.68. The van der Waals surface area contributed by atoms with Crippen LogP contribution in [0.4, 0.5) is 0 Å². The van der Waals surface area contributed by atoms with E-state index in [1.807, 2.05) is 44.2 Å². The number of rotatable bonds is 4. The van der Waals surface area contributed by atoms with E-state index < -0.39 is 7.32 Å². The molecule has 2 heterocycles. The van der Waals surface area contributed by atoms with Gasteiger partial charge >= 0.3 is 7.32 Å². The summed E-state index contributed by atoms with van der Waals surface area (Å²) >= 11 is 5.97. The molecular formula is C21H20BClO4. The second kappa shape index (κ2) is 8.84. The average Bonchev–Trinajstić information content (AvgIpc) is 2.69. The Morgan fingerprint density at radius 1 is 0.889 bits per heavy atom. The van der Waals surface area contributed by atoms with Crippen molar-refractivity contribution in [2.24, 2.45) is 0 Å². The minimum Gasteiger partial charge on any atom is -0.501 e. The van der Waals surface area contributed by atoms with Gasteiger partial charge in [0.1, 0.15) is 23.9 Å². The maximum absolute atomic E-state index is 9.70. The van der Waals surface area contributed by atoms with E-state index in [-0.39, 0.29) is 0 Å². The van der Waals surface area contributed by atoms with E-state index in [1.165, 1.54) is 5.56 Å². The van der Waals surface area contributed by atoms with Crippen LogP contribution >= 0.6 is 11.6 Å². The van der Waals surface area contributed by atoms with Gasteiger partial charge in [-0.1, -0.05) is 47.5 Å². The van der Waals surface area contributed by atoms with Crippen LogP contribution in [0.15, 0.2) is 66.7 Å². The number of fused-ring (bicyclic) bond motifs is 3. The molecule has 2 bridgehead atoms. The van der Waals surface area contributed by atoms with Crippen molar-refractivity contribution in [2.45, 2.75) is 20.5 Å². The lowest BCUT2D eigenvalue weighted by Crippen LogP contribution is -2.29. The maximum atomic E-state index is 9.70. The minimum absolute atomic E-state index is 0.454. The molecule has 0 atom stereocenters. The third-order valence-corrected chi connectivity index (χ3v) is 4.37. The quantitative estimate of drug-likeness (QED) is 0.647. The van der Waals surface area contributed by atoms with Crippen LogP contribution in [0.1, 0.15) is 16.7 Å². The van der Waals surface area contributed by atoms with Gasteiger partial charge in [-0.05, 0) is 61.4 Å². The highest BCUT2D eigenvalue weighted by molar-refractivity contribution is 6.37. The topological polar surface area (TPSA) is 47.9 Å². The fourth-order valence-electron chi connectivity index (χ4n) is 2.37. The molecule has 0 unspecified atom stereocenters. The van der Waals surface area contributed by atoms with Gasteiger partial charge in [0.15, 0.2) is 0 Å². The second-order valence-electron chi connectivity index (χ2n) is 6.20. The van der Waals surface area contributed by atoms with Gasteiger partial charge in [-0.15, -0.1) is 0 Å². The SMILES string of the molecule is Cc1ccc(OB(O)Oc2ccc(C)c(Cl)c2)cc1.c1cc2ccc1CO2. The first-order valence-electron chi connectivity index (χ1n) is 8.55. The van der Waals surface area contributed by atoms with Crippen molar-refractivity contribution in [1.29, 1.82) is 0 Å². The number of halogens is 1. The average molecular weight is 383 g/mol. The van der Waals surface area contributed by atoms with Gasteiger partial charge in [-0.2, -0.15) is 0 Å². The lowest BCUT2D eigenvalue weighted by Gasteiger charge is -2.11. The van der Waals surface area contributed by atoms with E-state index in [4.69, 9.17) is 25.6 Å². The van der Waals surface area contributed by atoms with Crippen LogP contribution in [-0.2, 0) is 6.61 Å². The molecule has 0 saturated heterocycles. The summed E-state index contributed by atoms with van der Waals surface area (Å²) < 4.78 is 15.6. The highest BCUT2D eigenvalue weighted by Gasteiger charge is 2.21. The minimum atomic E-state index is -1.37. The van der Waals surface area contributed by atoms with Crippen LogP contribution in [-0.4, -0.2) is 12.3 Å². The van der Waals surface area contributed by atoms with Crippen molar-refractivity contribution in [3.8, 4) is 17.2 Å². The summed E-state index contributed by atoms with van der Waals surface area (Å²) in [5, 5.41) is 10.3. The molecule has 0 fully saturated rings. The summed E-state index contributed by atoms with van der Waals surface area (Å²) in [6, 6.07) is 20.6. The van der Waals surface area contributed by atoms with Crippen molar-refractivity contribution in [3.05, 3.63) is 88.4 Å². The Balaban J connectivity index is 0.000000216. The molecule has 0 aromatic heterocycles. The summed E-state index contributed by atoms with van der Waals surface area (Å²) in [7, 11) is -1.37. The maximum Gasteiger partial charge on any atom is 0.785 e. The van der Waals surface area contributed by atoms with Crippen LogP contribution in [0.2, 0.25) is 5.02 Å². The Morgan fingerprint density at radius 3 is 2.00 bits per heavy atom.